The second-order valence-corrected chi connectivity index (χ2v) is 9.44. The summed E-state index contributed by atoms with van der Waals surface area (Å²) in [4.78, 5) is 25.0. The van der Waals surface area contributed by atoms with Gasteiger partial charge in [0.15, 0.2) is 11.2 Å². The Bertz CT molecular complexity index is 1640. The smallest absolute Gasteiger partial charge is 0.310 e. The molecule has 0 saturated carbocycles. The molecule has 2 unspecified atom stereocenters. The summed E-state index contributed by atoms with van der Waals surface area (Å²) >= 11 is 0. The number of carboxylic acids is 1. The van der Waals surface area contributed by atoms with Crippen LogP contribution in [0.25, 0.3) is 16.7 Å². The van der Waals surface area contributed by atoms with Crippen LogP contribution in [0.4, 0.5) is 11.6 Å². The van der Waals surface area contributed by atoms with Crippen molar-refractivity contribution in [2.45, 2.75) is 20.8 Å². The zero-order valence-corrected chi connectivity index (χ0v) is 21.4. The summed E-state index contributed by atoms with van der Waals surface area (Å²) in [6, 6.07) is 13.2. The summed E-state index contributed by atoms with van der Waals surface area (Å²) in [6.45, 7) is 5.86. The Morgan fingerprint density at radius 2 is 1.87 bits per heavy atom. The van der Waals surface area contributed by atoms with Crippen molar-refractivity contribution in [1.82, 2.24) is 19.5 Å². The van der Waals surface area contributed by atoms with Crippen LogP contribution >= 0.6 is 0 Å². The van der Waals surface area contributed by atoms with Gasteiger partial charge in [0.05, 0.1) is 23.9 Å². The minimum Gasteiger partial charge on any atom is -0.481 e. The Hall–Kier alpha value is -4.97. The van der Waals surface area contributed by atoms with E-state index in [2.05, 4.69) is 26.3 Å². The molecule has 4 aromatic rings. The molecule has 38 heavy (non-hydrogen) atoms. The molecular formula is C29H26N6O3. The number of anilines is 2. The van der Waals surface area contributed by atoms with E-state index in [1.165, 1.54) is 0 Å². The van der Waals surface area contributed by atoms with Crippen LogP contribution in [0.3, 0.4) is 0 Å². The molecule has 190 valence electrons. The number of rotatable bonds is 6. The molecule has 0 radical (unpaired) electrons. The molecule has 2 atom stereocenters. The van der Waals surface area contributed by atoms with E-state index in [0.29, 0.717) is 34.3 Å². The summed E-state index contributed by atoms with van der Waals surface area (Å²) in [5.41, 5.74) is 6.25. The number of aromatic nitrogens is 4. The van der Waals surface area contributed by atoms with Crippen LogP contribution in [0, 0.1) is 37.0 Å². The summed E-state index contributed by atoms with van der Waals surface area (Å²) < 4.78 is 8.22. The number of nitriles is 1. The van der Waals surface area contributed by atoms with Crippen LogP contribution in [0.5, 0.6) is 11.6 Å². The predicted octanol–water partition coefficient (Wildman–Crippen LogP) is 5.68. The van der Waals surface area contributed by atoms with Gasteiger partial charge in [0.2, 0.25) is 5.95 Å². The van der Waals surface area contributed by atoms with Crippen molar-refractivity contribution in [1.29, 1.82) is 5.26 Å². The number of nitrogens with one attached hydrogen (secondary N) is 1. The highest BCUT2D eigenvalue weighted by Crippen LogP contribution is 2.36. The second-order valence-electron chi connectivity index (χ2n) is 9.44. The number of hydrogen-bond donors (Lipinski definition) is 2. The molecule has 2 aromatic carbocycles. The van der Waals surface area contributed by atoms with E-state index in [1.54, 1.807) is 36.7 Å². The Kier molecular flexibility index (Phi) is 6.39. The molecule has 2 heterocycles. The maximum Gasteiger partial charge on any atom is 0.310 e. The van der Waals surface area contributed by atoms with Crippen LogP contribution < -0.4 is 10.1 Å². The van der Waals surface area contributed by atoms with Gasteiger partial charge in [0.25, 0.3) is 5.88 Å². The first-order valence-electron chi connectivity index (χ1n) is 12.1. The highest BCUT2D eigenvalue weighted by molar-refractivity contribution is 5.82. The van der Waals surface area contributed by atoms with Crippen molar-refractivity contribution in [2.75, 3.05) is 5.32 Å². The number of hydrogen-bond acceptors (Lipinski definition) is 7. The van der Waals surface area contributed by atoms with Gasteiger partial charge in [-0.15, -0.1) is 0 Å². The molecule has 1 aliphatic carbocycles. The highest BCUT2D eigenvalue weighted by Gasteiger charge is 2.24. The quantitative estimate of drug-likeness (QED) is 0.342. The first-order chi connectivity index (χ1) is 18.2. The minimum absolute atomic E-state index is 0.106. The van der Waals surface area contributed by atoms with Gasteiger partial charge in [-0.25, -0.2) is 4.98 Å². The fourth-order valence-corrected chi connectivity index (χ4v) is 4.60. The van der Waals surface area contributed by atoms with Gasteiger partial charge in [-0.1, -0.05) is 25.2 Å². The molecule has 0 bridgehead atoms. The number of carbonyl (C=O) groups is 1. The average molecular weight is 507 g/mol. The lowest BCUT2D eigenvalue weighted by Crippen LogP contribution is -2.20. The van der Waals surface area contributed by atoms with Gasteiger partial charge in [-0.3, -0.25) is 4.79 Å². The van der Waals surface area contributed by atoms with Gasteiger partial charge in [-0.05, 0) is 78.4 Å². The fraction of sp³-hybridized carbons (Fsp3) is 0.207. The Morgan fingerprint density at radius 3 is 2.50 bits per heavy atom. The maximum atomic E-state index is 11.5. The molecule has 0 fully saturated rings. The zero-order chi connectivity index (χ0) is 27.0. The molecule has 9 nitrogen and oxygen atoms in total. The van der Waals surface area contributed by atoms with Crippen molar-refractivity contribution >= 4 is 34.3 Å². The number of fused-ring (bicyclic) bond motifs is 1. The fourth-order valence-electron chi connectivity index (χ4n) is 4.60. The molecule has 0 amide bonds. The van der Waals surface area contributed by atoms with E-state index in [4.69, 9.17) is 10.00 Å². The highest BCUT2D eigenvalue weighted by atomic mass is 16.5. The molecule has 9 heteroatoms. The number of aryl methyl sites for hydroxylation is 3. The van der Waals surface area contributed by atoms with Crippen LogP contribution in [-0.2, 0) is 11.8 Å². The van der Waals surface area contributed by atoms with Crippen LogP contribution in [0.2, 0.25) is 0 Å². The second kappa shape index (κ2) is 9.82. The maximum absolute atomic E-state index is 11.5. The summed E-state index contributed by atoms with van der Waals surface area (Å²) in [6.07, 6.45) is 7.28. The van der Waals surface area contributed by atoms with Gasteiger partial charge in [0, 0.05) is 12.7 Å². The molecule has 2 aromatic heterocycles. The standard InChI is InChI=1S/C29H26N6O3/c1-16-11-20(7-10-23(16)28(36)37)21-12-17(2)25(18(3)13-21)38-27-24-26(31-15-35(24)4)33-29(34-27)32-22-8-5-19(14-30)6-9-22/h5-13,15-16,23H,1-4H3,(H,36,37)(H,32,33,34). The lowest BCUT2D eigenvalue weighted by molar-refractivity contribution is -0.141. The summed E-state index contributed by atoms with van der Waals surface area (Å²) in [5.74, 6) is -0.0855. The minimum atomic E-state index is -0.820. The van der Waals surface area contributed by atoms with E-state index in [0.717, 1.165) is 28.0 Å². The van der Waals surface area contributed by atoms with E-state index in [9.17, 15) is 9.90 Å². The largest absolute Gasteiger partial charge is 0.481 e. The van der Waals surface area contributed by atoms with Gasteiger partial charge < -0.3 is 19.7 Å². The number of benzene rings is 2. The van der Waals surface area contributed by atoms with Crippen molar-refractivity contribution in [3.8, 4) is 17.7 Å². The third-order valence-corrected chi connectivity index (χ3v) is 6.58. The third-order valence-electron chi connectivity index (χ3n) is 6.58. The van der Waals surface area contributed by atoms with Crippen molar-refractivity contribution in [3.63, 3.8) is 0 Å². The topological polar surface area (TPSA) is 126 Å². The molecule has 0 saturated heterocycles. The van der Waals surface area contributed by atoms with E-state index >= 15 is 0 Å². The number of imidazole rings is 1. The van der Waals surface area contributed by atoms with Crippen LogP contribution in [-0.4, -0.2) is 30.6 Å². The van der Waals surface area contributed by atoms with Crippen LogP contribution in [0.1, 0.15) is 29.2 Å². The van der Waals surface area contributed by atoms with Crippen molar-refractivity contribution in [3.05, 3.63) is 83.2 Å². The number of carboxylic acid groups (broad SMARTS) is 1. The number of aliphatic carboxylic acids is 1. The SMILES string of the molecule is Cc1cc(C2=CC(C)C(C(=O)O)C=C2)cc(C)c1Oc1nc(Nc2ccc(C#N)cc2)nc2ncn(C)c12. The normalized spacial score (nSPS) is 16.7. The molecular weight excluding hydrogens is 480 g/mol. The third kappa shape index (κ3) is 4.72. The number of nitrogens with zero attached hydrogens (tertiary/aromatic N) is 5. The van der Waals surface area contributed by atoms with Gasteiger partial charge >= 0.3 is 5.97 Å². The number of allylic oxidation sites excluding steroid dienone is 3. The van der Waals surface area contributed by atoms with E-state index < -0.39 is 11.9 Å². The van der Waals surface area contributed by atoms with Gasteiger partial charge in [-0.2, -0.15) is 15.2 Å². The summed E-state index contributed by atoms with van der Waals surface area (Å²) in [5, 5.41) is 21.6. The molecule has 0 spiro atoms. The van der Waals surface area contributed by atoms with E-state index in [1.807, 2.05) is 56.7 Å². The van der Waals surface area contributed by atoms with Crippen molar-refractivity contribution in [2.24, 2.45) is 18.9 Å². The first-order valence-corrected chi connectivity index (χ1v) is 12.1. The first kappa shape index (κ1) is 24.7. The monoisotopic (exact) mass is 506 g/mol. The molecule has 5 rings (SSSR count). The molecule has 0 aliphatic heterocycles. The average Bonchev–Trinajstić information content (AvgIpc) is 3.26. The lowest BCUT2D eigenvalue weighted by Gasteiger charge is -2.21. The Labute approximate surface area is 219 Å². The molecule has 1 aliphatic rings. The van der Waals surface area contributed by atoms with Crippen LogP contribution in [0.15, 0.2) is 61.0 Å². The lowest BCUT2D eigenvalue weighted by atomic mass is 9.84. The summed E-state index contributed by atoms with van der Waals surface area (Å²) in [7, 11) is 1.86. The van der Waals surface area contributed by atoms with E-state index in [-0.39, 0.29) is 5.92 Å². The Morgan fingerprint density at radius 1 is 1.16 bits per heavy atom. The Balaban J connectivity index is 1.48. The zero-order valence-electron chi connectivity index (χ0n) is 21.4. The van der Waals surface area contributed by atoms with Crippen molar-refractivity contribution < 1.29 is 14.6 Å². The predicted molar refractivity (Wildman–Crippen MR) is 144 cm³/mol. The number of ether oxygens (including phenoxy) is 1. The molecule has 2 N–H and O–H groups in total. The van der Waals surface area contributed by atoms with Gasteiger partial charge in [0.1, 0.15) is 5.75 Å².